The average Bonchev–Trinajstić information content (AvgIpc) is 3.93. The molecule has 1 saturated heterocycles. The normalized spacial score (nSPS) is 14.4. The minimum atomic E-state index is -0.194. The third-order valence-electron chi connectivity index (χ3n) is 8.85. The maximum Gasteiger partial charge on any atom is 0.284 e. The molecule has 0 spiro atoms. The smallest absolute Gasteiger partial charge is 0.284 e. The van der Waals surface area contributed by atoms with Gasteiger partial charge >= 0.3 is 0 Å². The maximum atomic E-state index is 13.1. The summed E-state index contributed by atoms with van der Waals surface area (Å²) in [4.78, 5) is 22.9. The van der Waals surface area contributed by atoms with Crippen LogP contribution in [0.1, 0.15) is 18.1 Å². The van der Waals surface area contributed by atoms with Crippen molar-refractivity contribution in [3.05, 3.63) is 96.1 Å². The molecule has 3 aromatic heterocycles. The predicted octanol–water partition coefficient (Wildman–Crippen LogP) is 10.7. The number of aliphatic imine (C=N–C) groups is 1. The SMILES string of the molecule is CCN1C(=O)/C(=N\c2cc3c(cc(-c4sc(N(c5ccc(C)cc5)c5ccc(C)cc5)c5ccccc45)c4nsnc43)c3nsnc23)SC1=S. The van der Waals surface area contributed by atoms with Crippen molar-refractivity contribution < 1.29 is 4.79 Å². The van der Waals surface area contributed by atoms with Crippen LogP contribution in [0.4, 0.5) is 22.1 Å². The number of thioether (sulfide) groups is 1. The highest BCUT2D eigenvalue weighted by Gasteiger charge is 2.33. The monoisotopic (exact) mass is 743 g/mol. The van der Waals surface area contributed by atoms with Crippen LogP contribution in [-0.2, 0) is 4.79 Å². The van der Waals surface area contributed by atoms with Crippen molar-refractivity contribution in [3.63, 3.8) is 0 Å². The third-order valence-corrected chi connectivity index (χ3v) is 12.5. The van der Waals surface area contributed by atoms with E-state index in [0.29, 0.717) is 27.1 Å². The zero-order valence-electron chi connectivity index (χ0n) is 26.9. The number of rotatable bonds is 6. The molecule has 13 heteroatoms. The molecule has 8 nitrogen and oxygen atoms in total. The van der Waals surface area contributed by atoms with Crippen LogP contribution in [0.2, 0.25) is 0 Å². The lowest BCUT2D eigenvalue weighted by atomic mass is 9.99. The summed E-state index contributed by atoms with van der Waals surface area (Å²) in [6, 6.07) is 30.0. The Kier molecular flexibility index (Phi) is 7.70. The molecule has 1 amide bonds. The molecule has 4 heterocycles. The minimum absolute atomic E-state index is 0.194. The first-order chi connectivity index (χ1) is 24.4. The molecular formula is C37H25N7OS5. The first-order valence-corrected chi connectivity index (χ1v) is 19.3. The van der Waals surface area contributed by atoms with Crippen LogP contribution in [-0.4, -0.2) is 44.2 Å². The number of aromatic nitrogens is 4. The number of thiocarbonyl (C=S) groups is 1. The molecule has 5 aromatic carbocycles. The van der Waals surface area contributed by atoms with E-state index in [1.54, 1.807) is 16.2 Å². The highest BCUT2D eigenvalue weighted by Crippen LogP contribution is 2.51. The Labute approximate surface area is 308 Å². The number of amides is 1. The van der Waals surface area contributed by atoms with Crippen molar-refractivity contribution in [1.29, 1.82) is 0 Å². The van der Waals surface area contributed by atoms with Crippen molar-refractivity contribution in [2.75, 3.05) is 11.4 Å². The third kappa shape index (κ3) is 5.03. The van der Waals surface area contributed by atoms with Crippen molar-refractivity contribution in [1.82, 2.24) is 22.4 Å². The summed E-state index contributed by atoms with van der Waals surface area (Å²) in [5.41, 5.74) is 9.08. The molecule has 244 valence electrons. The number of hydrogen-bond donors (Lipinski definition) is 0. The van der Waals surface area contributed by atoms with Gasteiger partial charge in [0.2, 0.25) is 0 Å². The van der Waals surface area contributed by atoms with Gasteiger partial charge in [-0.05, 0) is 68.9 Å². The number of nitrogens with zero attached hydrogens (tertiary/aromatic N) is 7. The van der Waals surface area contributed by atoms with Gasteiger partial charge in [-0.2, -0.15) is 17.5 Å². The van der Waals surface area contributed by atoms with Crippen LogP contribution < -0.4 is 4.90 Å². The lowest BCUT2D eigenvalue weighted by Gasteiger charge is -2.24. The summed E-state index contributed by atoms with van der Waals surface area (Å²) in [6.07, 6.45) is 0. The Morgan fingerprint density at radius 2 is 1.32 bits per heavy atom. The number of benzene rings is 5. The molecule has 0 radical (unpaired) electrons. The van der Waals surface area contributed by atoms with E-state index in [1.807, 2.05) is 13.0 Å². The molecule has 1 fully saturated rings. The number of carbonyl (C=O) groups is 1. The van der Waals surface area contributed by atoms with E-state index in [9.17, 15) is 4.79 Å². The van der Waals surface area contributed by atoms with Gasteiger partial charge in [0.1, 0.15) is 31.4 Å². The highest BCUT2D eigenvalue weighted by molar-refractivity contribution is 8.35. The van der Waals surface area contributed by atoms with Crippen LogP contribution in [0, 0.1) is 13.8 Å². The summed E-state index contributed by atoms with van der Waals surface area (Å²) in [7, 11) is 0. The van der Waals surface area contributed by atoms with Crippen molar-refractivity contribution >= 4 is 140 Å². The lowest BCUT2D eigenvalue weighted by molar-refractivity contribution is -0.119. The van der Waals surface area contributed by atoms with Gasteiger partial charge in [0.25, 0.3) is 5.91 Å². The molecule has 0 saturated carbocycles. The summed E-state index contributed by atoms with van der Waals surface area (Å²) in [5, 5.41) is 5.51. The van der Waals surface area contributed by atoms with Crippen LogP contribution in [0.3, 0.4) is 0 Å². The fourth-order valence-corrected chi connectivity index (χ4v) is 10.1. The zero-order chi connectivity index (χ0) is 34.1. The van der Waals surface area contributed by atoms with Gasteiger partial charge < -0.3 is 4.90 Å². The van der Waals surface area contributed by atoms with Crippen LogP contribution in [0.5, 0.6) is 0 Å². The van der Waals surface area contributed by atoms with Crippen LogP contribution in [0.25, 0.3) is 54.1 Å². The molecule has 50 heavy (non-hydrogen) atoms. The summed E-state index contributed by atoms with van der Waals surface area (Å²) < 4.78 is 19.6. The Bertz CT molecular complexity index is 2650. The fraction of sp³-hybridized carbons (Fsp3) is 0.108. The molecule has 8 aromatic rings. The van der Waals surface area contributed by atoms with Gasteiger partial charge in [0.15, 0.2) is 5.04 Å². The maximum absolute atomic E-state index is 13.1. The summed E-state index contributed by atoms with van der Waals surface area (Å²) in [6.45, 7) is 6.62. The topological polar surface area (TPSA) is 87.5 Å². The molecule has 1 aliphatic heterocycles. The molecule has 0 atom stereocenters. The molecule has 0 N–H and O–H groups in total. The second-order valence-corrected chi connectivity index (χ2v) is 15.6. The van der Waals surface area contributed by atoms with Gasteiger partial charge in [-0.15, -0.1) is 11.3 Å². The van der Waals surface area contributed by atoms with Crippen LogP contribution in [0.15, 0.2) is 89.9 Å². The number of thiophene rings is 1. The number of hydrogen-bond acceptors (Lipinski definition) is 12. The van der Waals surface area contributed by atoms with Gasteiger partial charge in [-0.1, -0.05) is 71.9 Å². The van der Waals surface area contributed by atoms with Crippen molar-refractivity contribution in [2.24, 2.45) is 4.99 Å². The number of aryl methyl sites for hydroxylation is 2. The number of carbonyl (C=O) groups excluding carboxylic acids is 1. The van der Waals surface area contributed by atoms with E-state index in [4.69, 9.17) is 30.3 Å². The Morgan fingerprint density at radius 3 is 1.96 bits per heavy atom. The largest absolute Gasteiger partial charge is 0.301 e. The molecule has 0 unspecified atom stereocenters. The summed E-state index contributed by atoms with van der Waals surface area (Å²) >= 11 is 10.7. The first kappa shape index (κ1) is 31.3. The number of fused-ring (bicyclic) bond motifs is 6. The Hall–Kier alpha value is -4.66. The van der Waals surface area contributed by atoms with E-state index in [1.165, 1.54) is 34.6 Å². The Morgan fingerprint density at radius 1 is 0.740 bits per heavy atom. The standard InChI is InChI=1S/C37H25N7OS5/c1-4-43-35(45)34(48-37(43)46)38-28-18-26-25(30-32(28)42-50-40-30)17-27(31-29(26)39-49-41-31)33-23-7-5-6-8-24(23)36(47-33)44(21-13-9-19(2)10-14-21)22-15-11-20(3)12-16-22/h5-18H,4H2,1-3H3/b38-34+. The van der Waals surface area contributed by atoms with E-state index in [0.717, 1.165) is 76.6 Å². The second-order valence-electron chi connectivity index (χ2n) is 12.0. The summed E-state index contributed by atoms with van der Waals surface area (Å²) in [5.74, 6) is -0.194. The lowest BCUT2D eigenvalue weighted by Crippen LogP contribution is -2.29. The Balaban J connectivity index is 1.28. The van der Waals surface area contributed by atoms with Crippen molar-refractivity contribution in [3.8, 4) is 10.4 Å². The van der Waals surface area contributed by atoms with Gasteiger partial charge in [-0.25, -0.2) is 4.99 Å². The van der Waals surface area contributed by atoms with Gasteiger partial charge in [-0.3, -0.25) is 9.69 Å². The van der Waals surface area contributed by atoms with Crippen LogP contribution >= 0.6 is 58.8 Å². The average molecular weight is 744 g/mol. The van der Waals surface area contributed by atoms with Crippen molar-refractivity contribution in [2.45, 2.75) is 20.8 Å². The number of anilines is 3. The second kappa shape index (κ2) is 12.3. The van der Waals surface area contributed by atoms with E-state index in [2.05, 4.69) is 102 Å². The predicted molar refractivity (Wildman–Crippen MR) is 216 cm³/mol. The van der Waals surface area contributed by atoms with Gasteiger partial charge in [0, 0.05) is 49.9 Å². The first-order valence-electron chi connectivity index (χ1n) is 15.8. The van der Waals surface area contributed by atoms with E-state index < -0.39 is 0 Å². The minimum Gasteiger partial charge on any atom is -0.301 e. The molecule has 1 aliphatic rings. The van der Waals surface area contributed by atoms with Gasteiger partial charge in [0.05, 0.1) is 29.1 Å². The fourth-order valence-electron chi connectivity index (χ4n) is 6.34. The molecule has 9 rings (SSSR count). The zero-order valence-corrected chi connectivity index (χ0v) is 31.0. The quantitative estimate of drug-likeness (QED) is 0.156. The molecule has 0 bridgehead atoms. The molecule has 0 aliphatic carbocycles. The molecular weight excluding hydrogens is 719 g/mol. The highest BCUT2D eigenvalue weighted by atomic mass is 32.2. The van der Waals surface area contributed by atoms with E-state index >= 15 is 0 Å². The van der Waals surface area contributed by atoms with E-state index in [-0.39, 0.29) is 5.91 Å².